The van der Waals surface area contributed by atoms with Crippen LogP contribution >= 0.6 is 15.9 Å². The van der Waals surface area contributed by atoms with Crippen LogP contribution < -0.4 is 0 Å². The summed E-state index contributed by atoms with van der Waals surface area (Å²) in [5.74, 6) is 0. The molecule has 1 rings (SSSR count). The van der Waals surface area contributed by atoms with E-state index in [-0.39, 0.29) is 10.8 Å². The number of alkyl halides is 3. The summed E-state index contributed by atoms with van der Waals surface area (Å²) in [6, 6.07) is 0.811. The van der Waals surface area contributed by atoms with Crippen LogP contribution in [0.25, 0.3) is 0 Å². The smallest absolute Gasteiger partial charge is 0.418 e. The minimum Gasteiger partial charge on any atom is -0.616 e. The zero-order valence-electron chi connectivity index (χ0n) is 8.49. The van der Waals surface area contributed by atoms with Gasteiger partial charge in [-0.25, -0.2) is 0 Å². The lowest BCUT2D eigenvalue weighted by molar-refractivity contribution is -0.138. The Morgan fingerprint density at radius 2 is 2.18 bits per heavy atom. The predicted octanol–water partition coefficient (Wildman–Crippen LogP) is 2.48. The zero-order valence-corrected chi connectivity index (χ0v) is 10.9. The summed E-state index contributed by atoms with van der Waals surface area (Å²) in [4.78, 5) is 14.2. The number of rotatable bonds is 3. The lowest BCUT2D eigenvalue weighted by Gasteiger charge is -2.17. The van der Waals surface area contributed by atoms with Crippen molar-refractivity contribution in [2.45, 2.75) is 11.4 Å². The molecule has 0 fully saturated rings. The fourth-order valence-corrected chi connectivity index (χ4v) is 2.19. The van der Waals surface area contributed by atoms with Crippen LogP contribution in [0.15, 0.2) is 16.7 Å². The number of aldehydes is 1. The molecule has 1 aromatic heterocycles. The summed E-state index contributed by atoms with van der Waals surface area (Å²) in [5, 5.41) is -1.38. The standard InChI is InChI=1S/C9H7BrF3NO2S/c1-17(16)7(4-15)8-6(9(11,12)13)2-5(10)3-14-8/h2-4,7H,1H3. The van der Waals surface area contributed by atoms with Crippen LogP contribution in [0.4, 0.5) is 13.2 Å². The first-order valence-electron chi connectivity index (χ1n) is 4.27. The molecule has 1 heterocycles. The van der Waals surface area contributed by atoms with Crippen molar-refractivity contribution in [2.75, 3.05) is 6.26 Å². The van der Waals surface area contributed by atoms with Crippen LogP contribution in [0.1, 0.15) is 16.5 Å². The molecule has 17 heavy (non-hydrogen) atoms. The van der Waals surface area contributed by atoms with E-state index < -0.39 is 33.9 Å². The van der Waals surface area contributed by atoms with E-state index in [1.807, 2.05) is 0 Å². The van der Waals surface area contributed by atoms with Crippen molar-refractivity contribution in [1.29, 1.82) is 0 Å². The molecule has 2 unspecified atom stereocenters. The second kappa shape index (κ2) is 5.36. The molecule has 94 valence electrons. The molecule has 0 bridgehead atoms. The van der Waals surface area contributed by atoms with E-state index >= 15 is 0 Å². The summed E-state index contributed by atoms with van der Waals surface area (Å²) in [6.45, 7) is 0. The average Bonchev–Trinajstić information content (AvgIpc) is 2.19. The Morgan fingerprint density at radius 3 is 2.59 bits per heavy atom. The molecular weight excluding hydrogens is 323 g/mol. The number of nitrogens with zero attached hydrogens (tertiary/aromatic N) is 1. The van der Waals surface area contributed by atoms with Crippen molar-refractivity contribution in [2.24, 2.45) is 0 Å². The van der Waals surface area contributed by atoms with Gasteiger partial charge in [-0.15, -0.1) is 0 Å². The highest BCUT2D eigenvalue weighted by atomic mass is 79.9. The fraction of sp³-hybridized carbons (Fsp3) is 0.333. The third kappa shape index (κ3) is 3.43. The first-order valence-corrected chi connectivity index (χ1v) is 6.69. The van der Waals surface area contributed by atoms with Crippen LogP contribution in [0.5, 0.6) is 0 Å². The summed E-state index contributed by atoms with van der Waals surface area (Å²) in [7, 11) is 0. The van der Waals surface area contributed by atoms with Gasteiger partial charge in [-0.1, -0.05) is 0 Å². The quantitative estimate of drug-likeness (QED) is 0.632. The molecule has 0 aliphatic heterocycles. The Labute approximate surface area is 107 Å². The van der Waals surface area contributed by atoms with Crippen LogP contribution in [0, 0.1) is 0 Å². The highest BCUT2D eigenvalue weighted by molar-refractivity contribution is 9.10. The predicted molar refractivity (Wildman–Crippen MR) is 59.8 cm³/mol. The first-order chi connectivity index (χ1) is 7.77. The SMILES string of the molecule is C[S+]([O-])C(C=O)c1ncc(Br)cc1C(F)(F)F. The van der Waals surface area contributed by atoms with Gasteiger partial charge in [0.1, 0.15) is 5.69 Å². The molecule has 0 saturated heterocycles. The third-order valence-corrected chi connectivity index (χ3v) is 3.42. The Bertz CT molecular complexity index is 425. The second-order valence-corrected chi connectivity index (χ2v) is 5.56. The minimum atomic E-state index is -4.65. The van der Waals surface area contributed by atoms with Crippen molar-refractivity contribution in [3.8, 4) is 0 Å². The van der Waals surface area contributed by atoms with Crippen molar-refractivity contribution in [3.05, 3.63) is 28.0 Å². The number of halogens is 4. The maximum absolute atomic E-state index is 12.7. The van der Waals surface area contributed by atoms with Gasteiger partial charge in [-0.3, -0.25) is 9.78 Å². The Balaban J connectivity index is 3.37. The molecular formula is C9H7BrF3NO2S. The van der Waals surface area contributed by atoms with E-state index in [0.29, 0.717) is 0 Å². The topological polar surface area (TPSA) is 53.0 Å². The molecule has 8 heteroatoms. The Kier molecular flexibility index (Phi) is 4.56. The van der Waals surface area contributed by atoms with Crippen molar-refractivity contribution in [3.63, 3.8) is 0 Å². The van der Waals surface area contributed by atoms with Crippen molar-refractivity contribution in [1.82, 2.24) is 4.98 Å². The summed E-state index contributed by atoms with van der Waals surface area (Å²) in [6.07, 6.45) is -2.15. The molecule has 0 saturated carbocycles. The minimum absolute atomic E-state index is 0.139. The first kappa shape index (κ1) is 14.5. The van der Waals surface area contributed by atoms with Crippen molar-refractivity contribution < 1.29 is 22.5 Å². The molecule has 0 aliphatic carbocycles. The van der Waals surface area contributed by atoms with E-state index in [1.54, 1.807) is 0 Å². The summed E-state index contributed by atoms with van der Waals surface area (Å²) < 4.78 is 49.5. The van der Waals surface area contributed by atoms with Gasteiger partial charge < -0.3 is 4.55 Å². The van der Waals surface area contributed by atoms with Gasteiger partial charge in [0.15, 0.2) is 6.29 Å². The monoisotopic (exact) mass is 329 g/mol. The summed E-state index contributed by atoms with van der Waals surface area (Å²) in [5.41, 5.74) is -1.57. The fourth-order valence-electron chi connectivity index (χ4n) is 1.20. The van der Waals surface area contributed by atoms with E-state index in [9.17, 15) is 22.5 Å². The van der Waals surface area contributed by atoms with Gasteiger partial charge in [0.05, 0.1) is 11.8 Å². The van der Waals surface area contributed by atoms with Gasteiger partial charge >= 0.3 is 6.18 Å². The number of carbonyl (C=O) groups is 1. The molecule has 0 N–H and O–H groups in total. The zero-order chi connectivity index (χ0) is 13.2. The number of carbonyl (C=O) groups excluding carboxylic acids is 1. The maximum Gasteiger partial charge on any atom is 0.418 e. The largest absolute Gasteiger partial charge is 0.616 e. The molecule has 0 spiro atoms. The maximum atomic E-state index is 12.7. The summed E-state index contributed by atoms with van der Waals surface area (Å²) >= 11 is 1.12. The van der Waals surface area contributed by atoms with Crippen LogP contribution in [0.3, 0.4) is 0 Å². The lowest BCUT2D eigenvalue weighted by atomic mass is 10.1. The number of hydrogen-bond acceptors (Lipinski definition) is 3. The number of hydrogen-bond donors (Lipinski definition) is 0. The highest BCUT2D eigenvalue weighted by Crippen LogP contribution is 2.36. The van der Waals surface area contributed by atoms with E-state index in [1.165, 1.54) is 0 Å². The van der Waals surface area contributed by atoms with Crippen LogP contribution in [0.2, 0.25) is 0 Å². The normalized spacial score (nSPS) is 15.4. The third-order valence-electron chi connectivity index (χ3n) is 1.94. The number of aromatic nitrogens is 1. The van der Waals surface area contributed by atoms with Gasteiger partial charge in [0.2, 0.25) is 5.25 Å². The van der Waals surface area contributed by atoms with Crippen LogP contribution in [-0.2, 0) is 22.1 Å². The molecule has 2 atom stereocenters. The van der Waals surface area contributed by atoms with Gasteiger partial charge in [0.25, 0.3) is 0 Å². The van der Waals surface area contributed by atoms with Crippen LogP contribution in [-0.4, -0.2) is 22.1 Å². The van der Waals surface area contributed by atoms with E-state index in [2.05, 4.69) is 20.9 Å². The van der Waals surface area contributed by atoms with Crippen molar-refractivity contribution >= 4 is 33.4 Å². The van der Waals surface area contributed by atoms with E-state index in [4.69, 9.17) is 0 Å². The Morgan fingerprint density at radius 1 is 1.59 bits per heavy atom. The molecule has 0 aliphatic rings. The molecule has 0 radical (unpaired) electrons. The van der Waals surface area contributed by atoms with Gasteiger partial charge in [-0.05, 0) is 33.2 Å². The molecule has 3 nitrogen and oxygen atoms in total. The second-order valence-electron chi connectivity index (χ2n) is 3.14. The van der Waals surface area contributed by atoms with Gasteiger partial charge in [-0.2, -0.15) is 13.2 Å². The Hall–Kier alpha value is -0.600. The van der Waals surface area contributed by atoms with Gasteiger partial charge in [0, 0.05) is 10.7 Å². The molecule has 0 aromatic carbocycles. The molecule has 1 aromatic rings. The highest BCUT2D eigenvalue weighted by Gasteiger charge is 2.39. The van der Waals surface area contributed by atoms with E-state index in [0.717, 1.165) is 18.5 Å². The number of pyridine rings is 1. The average molecular weight is 330 g/mol. The molecule has 0 amide bonds. The lowest BCUT2D eigenvalue weighted by Crippen LogP contribution is -2.20.